The number of aliphatic hydroxyl groups excluding tert-OH is 13. The van der Waals surface area contributed by atoms with E-state index in [0.29, 0.717) is 42.9 Å². The van der Waals surface area contributed by atoms with Crippen LogP contribution in [0, 0.1) is 46.3 Å². The van der Waals surface area contributed by atoms with E-state index in [1.54, 1.807) is 6.92 Å². The lowest BCUT2D eigenvalue weighted by molar-refractivity contribution is -0.388. The first-order chi connectivity index (χ1) is 34.5. The van der Waals surface area contributed by atoms with Gasteiger partial charge in [0.05, 0.1) is 44.2 Å². The average molecular weight is 1050 g/mol. The Hall–Kier alpha value is -0.920. The summed E-state index contributed by atoms with van der Waals surface area (Å²) in [6.45, 7) is 8.10. The van der Waals surface area contributed by atoms with Gasteiger partial charge < -0.3 is 114 Å². The summed E-state index contributed by atoms with van der Waals surface area (Å²) in [5, 5.41) is 149. The minimum Gasteiger partial charge on any atom is -0.394 e. The van der Waals surface area contributed by atoms with Crippen molar-refractivity contribution < 1.29 is 114 Å². The largest absolute Gasteiger partial charge is 0.394 e. The van der Waals surface area contributed by atoms with Crippen molar-refractivity contribution in [2.45, 2.75) is 246 Å². The van der Waals surface area contributed by atoms with Gasteiger partial charge in [0.2, 0.25) is 0 Å². The highest BCUT2D eigenvalue weighted by atomic mass is 16.8. The van der Waals surface area contributed by atoms with Crippen molar-refractivity contribution >= 4 is 0 Å². The molecule has 9 fully saturated rings. The molecule has 23 heteroatoms. The summed E-state index contributed by atoms with van der Waals surface area (Å²) < 4.78 is 53.9. The second kappa shape index (κ2) is 22.0. The molecule has 5 saturated heterocycles. The third-order valence-corrected chi connectivity index (χ3v) is 19.8. The summed E-state index contributed by atoms with van der Waals surface area (Å²) in [7, 11) is 0. The molecule has 9 aliphatic rings. The van der Waals surface area contributed by atoms with Crippen LogP contribution in [0.25, 0.3) is 0 Å². The molecular formula is C50H84O23. The minimum absolute atomic E-state index is 0.0216. The minimum atomic E-state index is -1.87. The van der Waals surface area contributed by atoms with Crippen LogP contribution in [0.1, 0.15) is 98.8 Å². The van der Waals surface area contributed by atoms with Gasteiger partial charge in [0.25, 0.3) is 0 Å². The normalized spacial score (nSPS) is 56.6. The number of aliphatic hydroxyl groups is 14. The van der Waals surface area contributed by atoms with Gasteiger partial charge >= 0.3 is 0 Å². The molecule has 32 atom stereocenters. The smallest absolute Gasteiger partial charge is 0.187 e. The summed E-state index contributed by atoms with van der Waals surface area (Å²) in [6, 6.07) is 0. The van der Waals surface area contributed by atoms with Gasteiger partial charge in [-0.05, 0) is 112 Å². The first-order valence-electron chi connectivity index (χ1n) is 26.8. The number of hydrogen-bond acceptors (Lipinski definition) is 23. The molecule has 23 nitrogen and oxygen atoms in total. The maximum absolute atomic E-state index is 12.1. The molecule has 5 aliphatic heterocycles. The summed E-state index contributed by atoms with van der Waals surface area (Å²) in [5.74, 6) is 0.266. The molecule has 422 valence electrons. The first kappa shape index (κ1) is 56.8. The molecule has 0 aromatic rings. The van der Waals surface area contributed by atoms with Crippen LogP contribution in [-0.2, 0) is 42.6 Å². The van der Waals surface area contributed by atoms with E-state index in [4.69, 9.17) is 42.6 Å². The van der Waals surface area contributed by atoms with Gasteiger partial charge in [-0.2, -0.15) is 0 Å². The standard InChI is InChI=1S/C50H84O23/c1-19(65-44-39(61)35(57)33(55)28(16-51)68-44)8-13-50(64)20(2)31-27(73-50)15-26-24-7-6-22-14-23(9-11-48(22,4)25(24)10-12-49(26,31)5)67-45-41(63)38(60)42(30(18-53)70-45)71-47-43(37(59)32(54)21(3)66-47)72-46-40(62)36(58)34(56)29(17-52)69-46/h19-47,51-64H,6-18H2,1-5H3. The van der Waals surface area contributed by atoms with Crippen LogP contribution in [0.5, 0.6) is 0 Å². The highest BCUT2D eigenvalue weighted by Crippen LogP contribution is 2.71. The van der Waals surface area contributed by atoms with Crippen LogP contribution in [-0.4, -0.2) is 238 Å². The Morgan fingerprint density at radius 2 is 1.11 bits per heavy atom. The van der Waals surface area contributed by atoms with Gasteiger partial charge in [-0.25, -0.2) is 0 Å². The van der Waals surface area contributed by atoms with E-state index in [9.17, 15) is 71.5 Å². The predicted octanol–water partition coefficient (Wildman–Crippen LogP) is -3.17. The maximum atomic E-state index is 12.1. The molecule has 14 N–H and O–H groups in total. The molecule has 0 aromatic heterocycles. The molecule has 0 amide bonds. The van der Waals surface area contributed by atoms with Crippen molar-refractivity contribution in [1.29, 1.82) is 0 Å². The van der Waals surface area contributed by atoms with E-state index in [1.165, 1.54) is 6.92 Å². The van der Waals surface area contributed by atoms with Crippen LogP contribution < -0.4 is 0 Å². The Morgan fingerprint density at radius 3 is 1.77 bits per heavy atom. The Balaban J connectivity index is 0.789. The zero-order valence-corrected chi connectivity index (χ0v) is 42.4. The van der Waals surface area contributed by atoms with Crippen LogP contribution >= 0.6 is 0 Å². The Labute approximate surface area is 425 Å². The first-order valence-corrected chi connectivity index (χ1v) is 26.8. The second-order valence-electron chi connectivity index (χ2n) is 23.8. The third kappa shape index (κ3) is 10.1. The molecule has 0 aromatic carbocycles. The van der Waals surface area contributed by atoms with Crippen molar-refractivity contribution in [1.82, 2.24) is 0 Å². The van der Waals surface area contributed by atoms with Gasteiger partial charge in [-0.15, -0.1) is 0 Å². The van der Waals surface area contributed by atoms with Gasteiger partial charge in [0.15, 0.2) is 30.9 Å². The molecule has 4 aliphatic carbocycles. The monoisotopic (exact) mass is 1050 g/mol. The fourth-order valence-corrected chi connectivity index (χ4v) is 15.5. The van der Waals surface area contributed by atoms with Crippen LogP contribution in [0.4, 0.5) is 0 Å². The Morgan fingerprint density at radius 1 is 0.548 bits per heavy atom. The van der Waals surface area contributed by atoms with Crippen molar-refractivity contribution in [2.75, 3.05) is 19.8 Å². The molecule has 9 rings (SSSR count). The Kier molecular flexibility index (Phi) is 17.1. The lowest BCUT2D eigenvalue weighted by Gasteiger charge is -2.61. The van der Waals surface area contributed by atoms with Gasteiger partial charge in [-0.1, -0.05) is 20.8 Å². The number of rotatable bonds is 14. The molecule has 0 radical (unpaired) electrons. The summed E-state index contributed by atoms with van der Waals surface area (Å²) in [5.41, 5.74) is -0.0216. The quantitative estimate of drug-likeness (QED) is 0.0763. The SMILES string of the molecule is CC(CCC1(O)OC2CC3C4CCC5CC(OC6OC(CO)C(OC7OC(C)C(O)C(O)C7OC7OC(CO)C(O)C(O)C7O)C(O)C6O)CCC5(C)C4CCC3(C)C2C1C)OC1OC(CO)C(O)C(O)C1O. The summed E-state index contributed by atoms with van der Waals surface area (Å²) >= 11 is 0. The van der Waals surface area contributed by atoms with Crippen molar-refractivity contribution in [3.63, 3.8) is 0 Å². The summed E-state index contributed by atoms with van der Waals surface area (Å²) in [4.78, 5) is 0. The zero-order chi connectivity index (χ0) is 52.8. The lowest BCUT2D eigenvalue weighted by Crippen LogP contribution is -2.66. The molecule has 4 saturated carbocycles. The highest BCUT2D eigenvalue weighted by molar-refractivity contribution is 5.15. The number of fused-ring (bicyclic) bond motifs is 7. The van der Waals surface area contributed by atoms with Crippen LogP contribution in [0.2, 0.25) is 0 Å². The fraction of sp³-hybridized carbons (Fsp3) is 1.00. The van der Waals surface area contributed by atoms with E-state index in [0.717, 1.165) is 38.5 Å². The summed E-state index contributed by atoms with van der Waals surface area (Å²) in [6.07, 6.45) is -23.6. The van der Waals surface area contributed by atoms with Crippen molar-refractivity contribution in [3.05, 3.63) is 0 Å². The van der Waals surface area contributed by atoms with Crippen molar-refractivity contribution in [2.24, 2.45) is 46.3 Å². The highest BCUT2D eigenvalue weighted by Gasteiger charge is 2.68. The molecule has 0 bridgehead atoms. The second-order valence-corrected chi connectivity index (χ2v) is 23.8. The van der Waals surface area contributed by atoms with Crippen molar-refractivity contribution in [3.8, 4) is 0 Å². The van der Waals surface area contributed by atoms with Gasteiger partial charge in [-0.3, -0.25) is 0 Å². The van der Waals surface area contributed by atoms with E-state index < -0.39 is 155 Å². The topological polar surface area (TPSA) is 366 Å². The predicted molar refractivity (Wildman–Crippen MR) is 246 cm³/mol. The van der Waals surface area contributed by atoms with Gasteiger partial charge in [0, 0.05) is 12.3 Å². The van der Waals surface area contributed by atoms with Gasteiger partial charge in [0.1, 0.15) is 91.6 Å². The molecular weight excluding hydrogens is 969 g/mol. The number of ether oxygens (including phenoxy) is 9. The molecule has 32 unspecified atom stereocenters. The lowest BCUT2D eigenvalue weighted by atomic mass is 9.44. The van der Waals surface area contributed by atoms with E-state index in [-0.39, 0.29) is 41.3 Å². The zero-order valence-electron chi connectivity index (χ0n) is 42.4. The van der Waals surface area contributed by atoms with Crippen LogP contribution in [0.3, 0.4) is 0 Å². The fourth-order valence-electron chi connectivity index (χ4n) is 15.5. The molecule has 73 heavy (non-hydrogen) atoms. The van der Waals surface area contributed by atoms with E-state index >= 15 is 0 Å². The third-order valence-electron chi connectivity index (χ3n) is 19.8. The average Bonchev–Trinajstić information content (AvgIpc) is 3.81. The van der Waals surface area contributed by atoms with E-state index in [1.807, 2.05) is 0 Å². The maximum Gasteiger partial charge on any atom is 0.187 e. The molecule has 0 spiro atoms. The Bertz CT molecular complexity index is 1830. The van der Waals surface area contributed by atoms with E-state index in [2.05, 4.69) is 20.8 Å². The van der Waals surface area contributed by atoms with Crippen LogP contribution in [0.15, 0.2) is 0 Å². The number of hydrogen-bond donors (Lipinski definition) is 14. The molecule has 5 heterocycles.